The highest BCUT2D eigenvalue weighted by molar-refractivity contribution is 6.60. The van der Waals surface area contributed by atoms with Crippen LogP contribution in [0.2, 0.25) is 6.04 Å². The van der Waals surface area contributed by atoms with E-state index in [1.54, 1.807) is 7.11 Å². The van der Waals surface area contributed by atoms with Crippen molar-refractivity contribution in [3.05, 3.63) is 0 Å². The third kappa shape index (κ3) is 2.03. The first-order valence-electron chi connectivity index (χ1n) is 7.94. The number of hydrogen-bond acceptors (Lipinski definition) is 3. The van der Waals surface area contributed by atoms with Gasteiger partial charge in [-0.2, -0.15) is 0 Å². The average Bonchev–Trinajstić information content (AvgIpc) is 2.42. The smallest absolute Gasteiger partial charge is 0.377 e. The van der Waals surface area contributed by atoms with Crippen LogP contribution in [0, 0.1) is 23.7 Å². The predicted molar refractivity (Wildman–Crippen MR) is 76.8 cm³/mol. The molecule has 1 aliphatic heterocycles. The fraction of sp³-hybridized carbons (Fsp3) is 1.00. The maximum atomic E-state index is 6.69. The molecule has 0 spiro atoms. The molecule has 6 atom stereocenters. The molecule has 2 saturated carbocycles. The van der Waals surface area contributed by atoms with Gasteiger partial charge in [0.2, 0.25) is 0 Å². The van der Waals surface area contributed by atoms with E-state index in [0.29, 0.717) is 11.8 Å². The first kappa shape index (κ1) is 14.1. The second-order valence-electron chi connectivity index (χ2n) is 6.96. The highest BCUT2D eigenvalue weighted by Gasteiger charge is 2.61. The van der Waals surface area contributed by atoms with Crippen LogP contribution in [0.15, 0.2) is 0 Å². The van der Waals surface area contributed by atoms with Crippen molar-refractivity contribution in [1.29, 1.82) is 0 Å². The van der Waals surface area contributed by atoms with Crippen LogP contribution in [-0.2, 0) is 13.3 Å². The second kappa shape index (κ2) is 4.83. The Balaban J connectivity index is 1.92. The highest BCUT2D eigenvalue weighted by atomic mass is 28.4. The lowest BCUT2D eigenvalue weighted by molar-refractivity contribution is -0.146. The Morgan fingerprint density at radius 1 is 1.32 bits per heavy atom. The van der Waals surface area contributed by atoms with Gasteiger partial charge in [0.15, 0.2) is 0 Å². The summed E-state index contributed by atoms with van der Waals surface area (Å²) in [6.45, 7) is 7.75. The van der Waals surface area contributed by atoms with E-state index >= 15 is 0 Å². The summed E-state index contributed by atoms with van der Waals surface area (Å²) in [5.41, 5.74) is -0.0142. The summed E-state index contributed by atoms with van der Waals surface area (Å²) in [6, 6.07) is 0.954. The van der Waals surface area contributed by atoms with Gasteiger partial charge in [0.25, 0.3) is 0 Å². The molecule has 0 N–H and O–H groups in total. The standard InChI is InChI=1S/C15H28O3Si/c1-5-8-19(16-4)17-10-13-9-12-6-7-14(12)15(3,18-19)11(13)2/h11-14H,5-10H2,1-4H3. The highest BCUT2D eigenvalue weighted by Crippen LogP contribution is 2.58. The van der Waals surface area contributed by atoms with Gasteiger partial charge >= 0.3 is 8.80 Å². The molecule has 0 amide bonds. The number of hydrogen-bond donors (Lipinski definition) is 0. The molecule has 110 valence electrons. The van der Waals surface area contributed by atoms with E-state index in [1.165, 1.54) is 19.3 Å². The molecule has 19 heavy (non-hydrogen) atoms. The quantitative estimate of drug-likeness (QED) is 0.743. The van der Waals surface area contributed by atoms with Gasteiger partial charge in [-0.3, -0.25) is 0 Å². The molecule has 3 rings (SSSR count). The lowest BCUT2D eigenvalue weighted by Gasteiger charge is -2.57. The maximum absolute atomic E-state index is 6.69. The molecule has 4 heteroatoms. The summed E-state index contributed by atoms with van der Waals surface area (Å²) in [7, 11) is -0.663. The minimum Gasteiger partial charge on any atom is -0.377 e. The summed E-state index contributed by atoms with van der Waals surface area (Å²) in [5, 5.41) is 0. The molecular formula is C15H28O3Si. The first-order valence-corrected chi connectivity index (χ1v) is 9.87. The summed E-state index contributed by atoms with van der Waals surface area (Å²) >= 11 is 0. The summed E-state index contributed by atoms with van der Waals surface area (Å²) in [5.74, 6) is 2.86. The van der Waals surface area contributed by atoms with Gasteiger partial charge in [-0.1, -0.05) is 20.3 Å². The largest absolute Gasteiger partial charge is 0.501 e. The fourth-order valence-electron chi connectivity index (χ4n) is 4.62. The Morgan fingerprint density at radius 2 is 2.11 bits per heavy atom. The van der Waals surface area contributed by atoms with E-state index in [2.05, 4.69) is 20.8 Å². The third-order valence-electron chi connectivity index (χ3n) is 6.13. The van der Waals surface area contributed by atoms with Gasteiger partial charge in [0.1, 0.15) is 0 Å². The summed E-state index contributed by atoms with van der Waals surface area (Å²) in [4.78, 5) is 0. The van der Waals surface area contributed by atoms with Crippen molar-refractivity contribution in [3.8, 4) is 0 Å². The molecule has 3 nitrogen and oxygen atoms in total. The lowest BCUT2D eigenvalue weighted by atomic mass is 9.53. The van der Waals surface area contributed by atoms with Crippen molar-refractivity contribution in [2.45, 2.75) is 58.1 Å². The molecule has 3 aliphatic rings. The van der Waals surface area contributed by atoms with Gasteiger partial charge in [-0.15, -0.1) is 0 Å². The number of rotatable bonds is 3. The van der Waals surface area contributed by atoms with Crippen molar-refractivity contribution in [2.75, 3.05) is 13.7 Å². The maximum Gasteiger partial charge on any atom is 0.501 e. The van der Waals surface area contributed by atoms with Crippen LogP contribution in [0.25, 0.3) is 0 Å². The molecule has 0 radical (unpaired) electrons. The Bertz CT molecular complexity index is 350. The molecule has 0 aromatic heterocycles. The van der Waals surface area contributed by atoms with Gasteiger partial charge in [0, 0.05) is 19.8 Å². The van der Waals surface area contributed by atoms with E-state index in [-0.39, 0.29) is 5.60 Å². The zero-order chi connectivity index (χ0) is 13.7. The molecule has 2 bridgehead atoms. The van der Waals surface area contributed by atoms with Gasteiger partial charge in [0.05, 0.1) is 5.60 Å². The van der Waals surface area contributed by atoms with Gasteiger partial charge < -0.3 is 13.3 Å². The summed E-state index contributed by atoms with van der Waals surface area (Å²) in [6.07, 6.45) is 5.13. The SMILES string of the molecule is CCC[Si]1(OC)OCC2CC3CCC3C(C)(O1)C2C. The molecule has 1 heterocycles. The Labute approximate surface area is 118 Å². The normalized spacial score (nSPS) is 53.1. The van der Waals surface area contributed by atoms with Crippen LogP contribution in [0.5, 0.6) is 0 Å². The van der Waals surface area contributed by atoms with Crippen LogP contribution in [0.3, 0.4) is 0 Å². The third-order valence-corrected chi connectivity index (χ3v) is 9.22. The molecule has 0 aromatic rings. The molecule has 1 saturated heterocycles. The van der Waals surface area contributed by atoms with E-state index < -0.39 is 8.80 Å². The van der Waals surface area contributed by atoms with Gasteiger partial charge in [-0.05, 0) is 49.9 Å². The monoisotopic (exact) mass is 284 g/mol. The van der Waals surface area contributed by atoms with Crippen molar-refractivity contribution < 1.29 is 13.3 Å². The van der Waals surface area contributed by atoms with Crippen molar-refractivity contribution in [2.24, 2.45) is 23.7 Å². The van der Waals surface area contributed by atoms with Crippen LogP contribution in [0.4, 0.5) is 0 Å². The van der Waals surface area contributed by atoms with E-state index in [0.717, 1.165) is 30.9 Å². The zero-order valence-corrected chi connectivity index (χ0v) is 13.8. The second-order valence-corrected chi connectivity index (χ2v) is 9.73. The Kier molecular flexibility index (Phi) is 3.57. The van der Waals surface area contributed by atoms with Crippen molar-refractivity contribution in [3.63, 3.8) is 0 Å². The molecule has 6 unspecified atom stereocenters. The number of fused-ring (bicyclic) bond motifs is 4. The molecule has 2 aliphatic carbocycles. The van der Waals surface area contributed by atoms with E-state index in [1.807, 2.05) is 0 Å². The van der Waals surface area contributed by atoms with Crippen LogP contribution in [0.1, 0.15) is 46.5 Å². The molecule has 3 fully saturated rings. The van der Waals surface area contributed by atoms with Gasteiger partial charge in [-0.25, -0.2) is 0 Å². The summed E-state index contributed by atoms with van der Waals surface area (Å²) < 4.78 is 18.8. The Hall–Kier alpha value is 0.0969. The average molecular weight is 284 g/mol. The minimum absolute atomic E-state index is 0.0142. The first-order chi connectivity index (χ1) is 9.04. The Morgan fingerprint density at radius 3 is 2.68 bits per heavy atom. The minimum atomic E-state index is -2.44. The van der Waals surface area contributed by atoms with E-state index in [4.69, 9.17) is 13.3 Å². The lowest BCUT2D eigenvalue weighted by Crippen LogP contribution is -2.60. The predicted octanol–water partition coefficient (Wildman–Crippen LogP) is 3.47. The van der Waals surface area contributed by atoms with E-state index in [9.17, 15) is 0 Å². The molecule has 0 aromatic carbocycles. The van der Waals surface area contributed by atoms with Crippen molar-refractivity contribution in [1.82, 2.24) is 0 Å². The van der Waals surface area contributed by atoms with Crippen molar-refractivity contribution >= 4 is 8.80 Å². The fourth-order valence-corrected chi connectivity index (χ4v) is 7.41. The zero-order valence-electron chi connectivity index (χ0n) is 12.8. The van der Waals surface area contributed by atoms with Crippen LogP contribution < -0.4 is 0 Å². The van der Waals surface area contributed by atoms with Crippen LogP contribution >= 0.6 is 0 Å². The topological polar surface area (TPSA) is 27.7 Å². The molecular weight excluding hydrogens is 256 g/mol. The van der Waals surface area contributed by atoms with Crippen LogP contribution in [-0.4, -0.2) is 28.1 Å².